The summed E-state index contributed by atoms with van der Waals surface area (Å²) in [6.45, 7) is 0.846. The second-order valence-corrected chi connectivity index (χ2v) is 5.88. The van der Waals surface area contributed by atoms with Crippen LogP contribution < -0.4 is 0 Å². The zero-order valence-corrected chi connectivity index (χ0v) is 12.3. The van der Waals surface area contributed by atoms with Gasteiger partial charge in [0, 0.05) is 18.2 Å². The van der Waals surface area contributed by atoms with Crippen LogP contribution >= 0.6 is 11.6 Å². The average Bonchev–Trinajstić information content (AvgIpc) is 2.46. The van der Waals surface area contributed by atoms with Crippen LogP contribution in [0.1, 0.15) is 28.8 Å². The van der Waals surface area contributed by atoms with Crippen molar-refractivity contribution in [3.05, 3.63) is 29.3 Å². The second kappa shape index (κ2) is 4.56. The largest absolute Gasteiger partial charge is 0.465 e. The average molecular weight is 304 g/mol. The van der Waals surface area contributed by atoms with Crippen molar-refractivity contribution in [2.24, 2.45) is 15.9 Å². The van der Waals surface area contributed by atoms with Crippen molar-refractivity contribution in [1.29, 1.82) is 0 Å². The van der Waals surface area contributed by atoms with Gasteiger partial charge in [-0.25, -0.2) is 9.79 Å². The molecular formula is C15H14ClN3O2. The number of methoxy groups -OCH3 is 1. The molecule has 0 amide bonds. The maximum absolute atomic E-state index is 11.6. The molecule has 3 aliphatic rings. The highest BCUT2D eigenvalue weighted by Crippen LogP contribution is 2.41. The van der Waals surface area contributed by atoms with E-state index in [1.54, 1.807) is 12.1 Å². The van der Waals surface area contributed by atoms with Gasteiger partial charge in [-0.05, 0) is 48.6 Å². The molecule has 108 valence electrons. The number of nitrogens with zero attached hydrogens (tertiary/aromatic N) is 3. The Kier molecular flexibility index (Phi) is 2.79. The Morgan fingerprint density at radius 2 is 2.29 bits per heavy atom. The summed E-state index contributed by atoms with van der Waals surface area (Å²) in [5.41, 5.74) is 2.07. The fraction of sp³-hybridized carbons (Fsp3) is 0.400. The summed E-state index contributed by atoms with van der Waals surface area (Å²) >= 11 is 6.36. The van der Waals surface area contributed by atoms with E-state index < -0.39 is 0 Å². The number of carbonyl (C=O) groups is 1. The molecule has 2 unspecified atom stereocenters. The maximum atomic E-state index is 11.6. The van der Waals surface area contributed by atoms with E-state index in [-0.39, 0.29) is 5.97 Å². The van der Waals surface area contributed by atoms with Crippen LogP contribution in [-0.2, 0) is 4.74 Å². The molecule has 0 saturated heterocycles. The molecule has 2 heterocycles. The van der Waals surface area contributed by atoms with Crippen LogP contribution in [0.15, 0.2) is 28.2 Å². The van der Waals surface area contributed by atoms with Gasteiger partial charge in [0.15, 0.2) is 0 Å². The smallest absolute Gasteiger partial charge is 0.337 e. The SMILES string of the molecule is COC(=O)c1ccc2c(c1)N=C(Cl)N1C2=NCC2CCC21. The number of aliphatic imine (C=N–C) groups is 2. The van der Waals surface area contributed by atoms with Crippen LogP contribution in [0.4, 0.5) is 5.69 Å². The molecule has 1 aliphatic carbocycles. The van der Waals surface area contributed by atoms with Gasteiger partial charge in [-0.3, -0.25) is 9.89 Å². The first-order valence-electron chi connectivity index (χ1n) is 6.99. The van der Waals surface area contributed by atoms with Crippen molar-refractivity contribution in [2.45, 2.75) is 18.9 Å². The van der Waals surface area contributed by atoms with Crippen molar-refractivity contribution >= 4 is 34.4 Å². The lowest BCUT2D eigenvalue weighted by Gasteiger charge is -2.48. The Labute approximate surface area is 127 Å². The molecule has 1 saturated carbocycles. The predicted molar refractivity (Wildman–Crippen MR) is 80.5 cm³/mol. The number of halogens is 1. The van der Waals surface area contributed by atoms with Gasteiger partial charge in [-0.2, -0.15) is 0 Å². The lowest BCUT2D eigenvalue weighted by Crippen LogP contribution is -2.56. The van der Waals surface area contributed by atoms with E-state index in [0.717, 1.165) is 24.4 Å². The van der Waals surface area contributed by atoms with Gasteiger partial charge < -0.3 is 4.74 Å². The van der Waals surface area contributed by atoms with Gasteiger partial charge in [-0.1, -0.05) is 0 Å². The third-order valence-electron chi connectivity index (χ3n) is 4.48. The van der Waals surface area contributed by atoms with Gasteiger partial charge in [0.1, 0.15) is 5.84 Å². The molecular weight excluding hydrogens is 290 g/mol. The van der Waals surface area contributed by atoms with Crippen molar-refractivity contribution in [2.75, 3.05) is 13.7 Å². The fourth-order valence-corrected chi connectivity index (χ4v) is 3.49. The summed E-state index contributed by atoms with van der Waals surface area (Å²) in [5.74, 6) is 1.09. The number of hydrogen-bond acceptors (Lipinski definition) is 5. The van der Waals surface area contributed by atoms with Crippen LogP contribution in [0.25, 0.3) is 0 Å². The number of esters is 1. The van der Waals surface area contributed by atoms with Gasteiger partial charge in [0.25, 0.3) is 0 Å². The number of ether oxygens (including phenoxy) is 1. The minimum Gasteiger partial charge on any atom is -0.465 e. The summed E-state index contributed by atoms with van der Waals surface area (Å²) in [5, 5.41) is 0.442. The Morgan fingerprint density at radius 3 is 3.00 bits per heavy atom. The molecule has 0 bridgehead atoms. The first-order valence-corrected chi connectivity index (χ1v) is 7.37. The highest BCUT2D eigenvalue weighted by molar-refractivity contribution is 6.66. The molecule has 4 rings (SSSR count). The highest BCUT2D eigenvalue weighted by atomic mass is 35.5. The fourth-order valence-electron chi connectivity index (χ4n) is 3.19. The normalized spacial score (nSPS) is 25.7. The molecule has 6 heteroatoms. The van der Waals surface area contributed by atoms with E-state index in [1.807, 2.05) is 11.0 Å². The van der Waals surface area contributed by atoms with Crippen molar-refractivity contribution in [3.8, 4) is 0 Å². The van der Waals surface area contributed by atoms with Crippen molar-refractivity contribution in [1.82, 2.24) is 4.90 Å². The van der Waals surface area contributed by atoms with Gasteiger partial charge in [0.05, 0.1) is 18.4 Å². The van der Waals surface area contributed by atoms with Gasteiger partial charge in [-0.15, -0.1) is 0 Å². The van der Waals surface area contributed by atoms with Crippen LogP contribution in [0.3, 0.4) is 0 Å². The van der Waals surface area contributed by atoms with E-state index in [0.29, 0.717) is 28.5 Å². The van der Waals surface area contributed by atoms with Crippen LogP contribution in [0.2, 0.25) is 0 Å². The number of benzene rings is 1. The monoisotopic (exact) mass is 303 g/mol. The first kappa shape index (κ1) is 12.8. The minimum atomic E-state index is -0.379. The van der Waals surface area contributed by atoms with E-state index in [4.69, 9.17) is 16.3 Å². The summed E-state index contributed by atoms with van der Waals surface area (Å²) in [6, 6.07) is 5.74. The Morgan fingerprint density at radius 1 is 1.43 bits per heavy atom. The van der Waals surface area contributed by atoms with Crippen LogP contribution in [-0.4, -0.2) is 41.7 Å². The number of amidine groups is 2. The first-order chi connectivity index (χ1) is 10.2. The van der Waals surface area contributed by atoms with E-state index >= 15 is 0 Å². The molecule has 0 aromatic heterocycles. The molecule has 1 aromatic rings. The standard InChI is InChI=1S/C15H14ClN3O2/c1-21-14(20)8-2-4-10-11(6-8)18-15(16)19-12-5-3-9(12)7-17-13(10)19/h2,4,6,9,12H,3,5,7H2,1H3. The lowest BCUT2D eigenvalue weighted by atomic mass is 9.77. The quantitative estimate of drug-likeness (QED) is 0.592. The maximum Gasteiger partial charge on any atom is 0.337 e. The Hall–Kier alpha value is -1.88. The molecule has 1 aromatic carbocycles. The molecule has 0 N–H and O–H groups in total. The molecule has 5 nitrogen and oxygen atoms in total. The van der Waals surface area contributed by atoms with Crippen LogP contribution in [0.5, 0.6) is 0 Å². The highest BCUT2D eigenvalue weighted by Gasteiger charge is 2.43. The van der Waals surface area contributed by atoms with Crippen molar-refractivity contribution < 1.29 is 9.53 Å². The number of carbonyl (C=O) groups excluding carboxylic acids is 1. The molecule has 2 atom stereocenters. The molecule has 1 fully saturated rings. The minimum absolute atomic E-state index is 0.379. The summed E-state index contributed by atoms with van der Waals surface area (Å²) in [6.07, 6.45) is 2.33. The van der Waals surface area contributed by atoms with Gasteiger partial charge >= 0.3 is 5.97 Å². The Bertz CT molecular complexity index is 698. The topological polar surface area (TPSA) is 54.3 Å². The molecule has 2 aliphatic heterocycles. The van der Waals surface area contributed by atoms with E-state index in [1.165, 1.54) is 13.5 Å². The zero-order chi connectivity index (χ0) is 14.6. The van der Waals surface area contributed by atoms with Gasteiger partial charge in [0.2, 0.25) is 5.29 Å². The number of fused-ring (bicyclic) bond motifs is 5. The summed E-state index contributed by atoms with van der Waals surface area (Å²) in [7, 11) is 1.36. The molecule has 0 spiro atoms. The number of hydrogen-bond donors (Lipinski definition) is 0. The molecule has 21 heavy (non-hydrogen) atoms. The number of rotatable bonds is 1. The second-order valence-electron chi connectivity index (χ2n) is 5.54. The lowest BCUT2D eigenvalue weighted by molar-refractivity contribution is 0.0600. The van der Waals surface area contributed by atoms with E-state index in [9.17, 15) is 4.79 Å². The zero-order valence-electron chi connectivity index (χ0n) is 11.5. The Balaban J connectivity index is 1.81. The third-order valence-corrected chi connectivity index (χ3v) is 4.75. The summed E-state index contributed by atoms with van der Waals surface area (Å²) in [4.78, 5) is 22.8. The predicted octanol–water partition coefficient (Wildman–Crippen LogP) is 2.55. The van der Waals surface area contributed by atoms with Crippen LogP contribution in [0, 0.1) is 5.92 Å². The van der Waals surface area contributed by atoms with Crippen molar-refractivity contribution in [3.63, 3.8) is 0 Å². The third kappa shape index (κ3) is 1.80. The molecule has 0 radical (unpaired) electrons. The van der Waals surface area contributed by atoms with E-state index in [2.05, 4.69) is 9.98 Å². The summed E-state index contributed by atoms with van der Waals surface area (Å²) < 4.78 is 4.74.